The molecule has 0 aliphatic heterocycles. The summed E-state index contributed by atoms with van der Waals surface area (Å²) < 4.78 is 0. The van der Waals surface area contributed by atoms with Crippen LogP contribution in [0.4, 0.5) is 5.69 Å². The molecule has 2 heteroatoms. The van der Waals surface area contributed by atoms with E-state index in [-0.39, 0.29) is 0 Å². The molecule has 0 atom stereocenters. The first-order valence-corrected chi connectivity index (χ1v) is 4.65. The van der Waals surface area contributed by atoms with Gasteiger partial charge in [-0.3, -0.25) is 0 Å². The van der Waals surface area contributed by atoms with Crippen molar-refractivity contribution >= 4 is 5.69 Å². The van der Waals surface area contributed by atoms with Crippen LogP contribution in [0.3, 0.4) is 0 Å². The molecule has 1 rings (SSSR count). The molecule has 13 heavy (non-hydrogen) atoms. The van der Waals surface area contributed by atoms with Crippen molar-refractivity contribution in [1.82, 2.24) is 0 Å². The summed E-state index contributed by atoms with van der Waals surface area (Å²) in [5.41, 5.74) is 15.9. The third-order valence-electron chi connectivity index (χ3n) is 2.49. The minimum atomic E-state index is 0.519. The van der Waals surface area contributed by atoms with Crippen LogP contribution in [0, 0.1) is 6.92 Å². The molecule has 1 aromatic rings. The normalized spacial score (nSPS) is 10.8. The molecule has 0 fully saturated rings. The van der Waals surface area contributed by atoms with E-state index in [1.165, 1.54) is 11.1 Å². The summed E-state index contributed by atoms with van der Waals surface area (Å²) in [5, 5.41) is 0. The fourth-order valence-corrected chi connectivity index (χ4v) is 1.60. The van der Waals surface area contributed by atoms with Crippen LogP contribution in [-0.4, -0.2) is 0 Å². The van der Waals surface area contributed by atoms with E-state index in [0.717, 1.165) is 11.3 Å². The fourth-order valence-electron chi connectivity index (χ4n) is 1.60. The molecule has 0 bridgehead atoms. The lowest BCUT2D eigenvalue weighted by Crippen LogP contribution is -2.05. The highest BCUT2D eigenvalue weighted by atomic mass is 14.6. The molecule has 1 aromatic carbocycles. The van der Waals surface area contributed by atoms with Gasteiger partial charge in [-0.15, -0.1) is 0 Å². The summed E-state index contributed by atoms with van der Waals surface area (Å²) in [6, 6.07) is 4.15. The fraction of sp³-hybridized carbons (Fsp3) is 0.455. The van der Waals surface area contributed by atoms with E-state index >= 15 is 0 Å². The molecule has 2 nitrogen and oxygen atoms in total. The van der Waals surface area contributed by atoms with Crippen molar-refractivity contribution in [2.45, 2.75) is 33.2 Å². The van der Waals surface area contributed by atoms with Crippen LogP contribution >= 0.6 is 0 Å². The topological polar surface area (TPSA) is 52.0 Å². The van der Waals surface area contributed by atoms with Crippen molar-refractivity contribution in [2.24, 2.45) is 5.73 Å². The SMILES string of the molecule is Cc1c(C(C)C)ccc(CN)c1N. The summed E-state index contributed by atoms with van der Waals surface area (Å²) in [6.45, 7) is 6.92. The molecule has 0 aromatic heterocycles. The Morgan fingerprint density at radius 3 is 2.38 bits per heavy atom. The van der Waals surface area contributed by atoms with Crippen LogP contribution in [0.25, 0.3) is 0 Å². The Hall–Kier alpha value is -1.02. The summed E-state index contributed by atoms with van der Waals surface area (Å²) >= 11 is 0. The molecular weight excluding hydrogens is 160 g/mol. The van der Waals surface area contributed by atoms with Gasteiger partial charge in [-0.1, -0.05) is 26.0 Å². The zero-order valence-electron chi connectivity index (χ0n) is 8.59. The molecule has 0 amide bonds. The van der Waals surface area contributed by atoms with Crippen molar-refractivity contribution in [3.8, 4) is 0 Å². The van der Waals surface area contributed by atoms with Gasteiger partial charge in [-0.25, -0.2) is 0 Å². The number of hydrogen-bond donors (Lipinski definition) is 2. The van der Waals surface area contributed by atoms with E-state index in [1.54, 1.807) is 0 Å². The maximum Gasteiger partial charge on any atom is 0.0392 e. The first-order chi connectivity index (χ1) is 6.07. The Morgan fingerprint density at radius 2 is 1.92 bits per heavy atom. The average molecular weight is 178 g/mol. The molecule has 0 heterocycles. The van der Waals surface area contributed by atoms with Gasteiger partial charge in [-0.05, 0) is 29.5 Å². The largest absolute Gasteiger partial charge is 0.398 e. The smallest absolute Gasteiger partial charge is 0.0392 e. The molecular formula is C11H18N2. The van der Waals surface area contributed by atoms with E-state index in [2.05, 4.69) is 26.8 Å². The molecule has 0 aliphatic rings. The predicted molar refractivity (Wildman–Crippen MR) is 57.6 cm³/mol. The van der Waals surface area contributed by atoms with Crippen LogP contribution in [0.15, 0.2) is 12.1 Å². The summed E-state index contributed by atoms with van der Waals surface area (Å²) in [5.74, 6) is 0.522. The van der Waals surface area contributed by atoms with Crippen LogP contribution in [0.2, 0.25) is 0 Å². The van der Waals surface area contributed by atoms with Gasteiger partial charge in [-0.2, -0.15) is 0 Å². The highest BCUT2D eigenvalue weighted by Crippen LogP contribution is 2.26. The number of nitrogens with two attached hydrogens (primary N) is 2. The van der Waals surface area contributed by atoms with Gasteiger partial charge in [0.05, 0.1) is 0 Å². The van der Waals surface area contributed by atoms with Crippen molar-refractivity contribution in [3.63, 3.8) is 0 Å². The lowest BCUT2D eigenvalue weighted by atomic mass is 9.94. The average Bonchev–Trinajstić information content (AvgIpc) is 2.09. The third-order valence-corrected chi connectivity index (χ3v) is 2.49. The molecule has 0 spiro atoms. The van der Waals surface area contributed by atoms with Crippen LogP contribution in [-0.2, 0) is 6.54 Å². The van der Waals surface area contributed by atoms with E-state index in [4.69, 9.17) is 11.5 Å². The second kappa shape index (κ2) is 3.79. The number of rotatable bonds is 2. The standard InChI is InChI=1S/C11H18N2/c1-7(2)10-5-4-9(6-12)11(13)8(10)3/h4-5,7H,6,12-13H2,1-3H3. The lowest BCUT2D eigenvalue weighted by Gasteiger charge is -2.14. The Labute approximate surface area is 79.9 Å². The Kier molecular flexibility index (Phi) is 2.94. The Bertz CT molecular complexity index is 303. The van der Waals surface area contributed by atoms with Crippen LogP contribution in [0.5, 0.6) is 0 Å². The quantitative estimate of drug-likeness (QED) is 0.682. The van der Waals surface area contributed by atoms with E-state index < -0.39 is 0 Å². The van der Waals surface area contributed by atoms with Crippen LogP contribution < -0.4 is 11.5 Å². The highest BCUT2D eigenvalue weighted by molar-refractivity contribution is 5.57. The second-order valence-corrected chi connectivity index (χ2v) is 3.71. The summed E-state index contributed by atoms with van der Waals surface area (Å²) in [6.07, 6.45) is 0. The minimum absolute atomic E-state index is 0.519. The van der Waals surface area contributed by atoms with Gasteiger partial charge < -0.3 is 11.5 Å². The van der Waals surface area contributed by atoms with Crippen LogP contribution in [0.1, 0.15) is 36.5 Å². The summed E-state index contributed by atoms with van der Waals surface area (Å²) in [7, 11) is 0. The molecule has 72 valence electrons. The van der Waals surface area contributed by atoms with Gasteiger partial charge in [0, 0.05) is 12.2 Å². The van der Waals surface area contributed by atoms with Crippen molar-refractivity contribution in [2.75, 3.05) is 5.73 Å². The van der Waals surface area contributed by atoms with Gasteiger partial charge in [0.1, 0.15) is 0 Å². The van der Waals surface area contributed by atoms with Crippen molar-refractivity contribution < 1.29 is 0 Å². The van der Waals surface area contributed by atoms with Crippen molar-refractivity contribution in [3.05, 3.63) is 28.8 Å². The van der Waals surface area contributed by atoms with Gasteiger partial charge in [0.25, 0.3) is 0 Å². The first kappa shape index (κ1) is 10.1. The lowest BCUT2D eigenvalue weighted by molar-refractivity contribution is 0.855. The Balaban J connectivity index is 3.23. The second-order valence-electron chi connectivity index (χ2n) is 3.71. The molecule has 0 radical (unpaired) electrons. The number of nitrogen functional groups attached to an aromatic ring is 1. The van der Waals surface area contributed by atoms with Gasteiger partial charge >= 0.3 is 0 Å². The van der Waals surface area contributed by atoms with E-state index in [9.17, 15) is 0 Å². The van der Waals surface area contributed by atoms with Gasteiger partial charge in [0.2, 0.25) is 0 Å². The number of hydrogen-bond acceptors (Lipinski definition) is 2. The molecule has 0 aliphatic carbocycles. The first-order valence-electron chi connectivity index (χ1n) is 4.65. The number of benzene rings is 1. The summed E-state index contributed by atoms with van der Waals surface area (Å²) in [4.78, 5) is 0. The molecule has 4 N–H and O–H groups in total. The zero-order chi connectivity index (χ0) is 10.0. The molecule has 0 saturated carbocycles. The highest BCUT2D eigenvalue weighted by Gasteiger charge is 2.08. The molecule has 0 saturated heterocycles. The van der Waals surface area contributed by atoms with E-state index in [1.807, 2.05) is 6.07 Å². The molecule has 0 unspecified atom stereocenters. The predicted octanol–water partition coefficient (Wildman–Crippen LogP) is 2.16. The van der Waals surface area contributed by atoms with Gasteiger partial charge in [0.15, 0.2) is 0 Å². The van der Waals surface area contributed by atoms with E-state index in [0.29, 0.717) is 12.5 Å². The maximum absolute atomic E-state index is 5.95. The zero-order valence-corrected chi connectivity index (χ0v) is 8.59. The minimum Gasteiger partial charge on any atom is -0.398 e. The third kappa shape index (κ3) is 1.83. The number of anilines is 1. The monoisotopic (exact) mass is 178 g/mol. The Morgan fingerprint density at radius 1 is 1.31 bits per heavy atom. The van der Waals surface area contributed by atoms with Crippen molar-refractivity contribution in [1.29, 1.82) is 0 Å². The maximum atomic E-state index is 5.95.